The third kappa shape index (κ3) is 9.69. The minimum Gasteiger partial charge on any atom is -0.452 e. The standard InChI is InChI=1S/C21H31NO6S/c1-19(2,3)27-17(24)22-15(16(23)26-14-12-10-9-11-13-14)21(7,8)29-18(25)28-20(4,5)6/h9-13,15H,1-8H3,(H,22,24)/t15-/m1/s1. The van der Waals surface area contributed by atoms with Gasteiger partial charge >= 0.3 is 17.4 Å². The van der Waals surface area contributed by atoms with Gasteiger partial charge in [-0.05, 0) is 79.3 Å². The SMILES string of the molecule is CC(C)(C)OC(=O)N[C@H](C(=O)Oc1ccccc1)C(C)(C)SC(=O)OC(C)(C)C. The highest BCUT2D eigenvalue weighted by Crippen LogP contribution is 2.32. The molecular formula is C21H31NO6S. The van der Waals surface area contributed by atoms with E-state index in [1.54, 1.807) is 85.7 Å². The first-order chi connectivity index (χ1) is 13.1. The summed E-state index contributed by atoms with van der Waals surface area (Å²) >= 11 is 0.803. The first-order valence-electron chi connectivity index (χ1n) is 9.27. The van der Waals surface area contributed by atoms with Crippen molar-refractivity contribution in [2.45, 2.75) is 77.4 Å². The molecule has 1 amide bonds. The van der Waals surface area contributed by atoms with Gasteiger partial charge in [0.1, 0.15) is 23.0 Å². The molecule has 1 atom stereocenters. The summed E-state index contributed by atoms with van der Waals surface area (Å²) in [6.45, 7) is 13.7. The lowest BCUT2D eigenvalue weighted by molar-refractivity contribution is -0.137. The van der Waals surface area contributed by atoms with Crippen molar-refractivity contribution in [3.63, 3.8) is 0 Å². The third-order valence-electron chi connectivity index (χ3n) is 3.29. The largest absolute Gasteiger partial charge is 0.452 e. The van der Waals surface area contributed by atoms with Crippen molar-refractivity contribution in [2.24, 2.45) is 0 Å². The molecule has 162 valence electrons. The van der Waals surface area contributed by atoms with Crippen molar-refractivity contribution in [3.05, 3.63) is 30.3 Å². The molecule has 29 heavy (non-hydrogen) atoms. The Balaban J connectivity index is 3.05. The second-order valence-electron chi connectivity index (χ2n) is 8.98. The van der Waals surface area contributed by atoms with Gasteiger partial charge in [-0.2, -0.15) is 0 Å². The molecule has 7 nitrogen and oxygen atoms in total. The Labute approximate surface area is 176 Å². The van der Waals surface area contributed by atoms with Crippen LogP contribution in [0.3, 0.4) is 0 Å². The highest BCUT2D eigenvalue weighted by molar-refractivity contribution is 8.14. The number of carbonyl (C=O) groups excluding carboxylic acids is 3. The van der Waals surface area contributed by atoms with Gasteiger partial charge in [-0.15, -0.1) is 0 Å². The molecule has 1 N–H and O–H groups in total. The molecule has 0 fully saturated rings. The normalized spacial score (nSPS) is 13.2. The van der Waals surface area contributed by atoms with Gasteiger partial charge in [-0.1, -0.05) is 18.2 Å². The van der Waals surface area contributed by atoms with Crippen LogP contribution in [0.2, 0.25) is 0 Å². The maximum atomic E-state index is 12.9. The summed E-state index contributed by atoms with van der Waals surface area (Å²) in [5.74, 6) is -0.394. The number of hydrogen-bond acceptors (Lipinski definition) is 7. The van der Waals surface area contributed by atoms with E-state index >= 15 is 0 Å². The van der Waals surface area contributed by atoms with Gasteiger partial charge in [0.25, 0.3) is 0 Å². The van der Waals surface area contributed by atoms with Crippen molar-refractivity contribution < 1.29 is 28.6 Å². The van der Waals surface area contributed by atoms with Crippen LogP contribution in [-0.4, -0.2) is 39.4 Å². The summed E-state index contributed by atoms with van der Waals surface area (Å²) in [5, 5.41) is 1.97. The van der Waals surface area contributed by atoms with E-state index in [1.807, 2.05) is 0 Å². The summed E-state index contributed by atoms with van der Waals surface area (Å²) in [7, 11) is 0. The van der Waals surface area contributed by atoms with Gasteiger partial charge in [0, 0.05) is 0 Å². The molecule has 8 heteroatoms. The first-order valence-corrected chi connectivity index (χ1v) is 10.1. The Morgan fingerprint density at radius 3 is 1.86 bits per heavy atom. The summed E-state index contributed by atoms with van der Waals surface area (Å²) < 4.78 is 14.9. The van der Waals surface area contributed by atoms with Crippen LogP contribution in [-0.2, 0) is 14.3 Å². The van der Waals surface area contributed by atoms with E-state index in [9.17, 15) is 14.4 Å². The van der Waals surface area contributed by atoms with E-state index in [2.05, 4.69) is 5.32 Å². The zero-order valence-electron chi connectivity index (χ0n) is 18.3. The minimum absolute atomic E-state index is 0.326. The molecule has 0 unspecified atom stereocenters. The Morgan fingerprint density at radius 2 is 1.38 bits per heavy atom. The number of nitrogens with one attached hydrogen (secondary N) is 1. The number of para-hydroxylation sites is 1. The monoisotopic (exact) mass is 425 g/mol. The quantitative estimate of drug-likeness (QED) is 0.528. The van der Waals surface area contributed by atoms with Gasteiger partial charge in [-0.25, -0.2) is 14.4 Å². The van der Waals surface area contributed by atoms with Gasteiger partial charge in [0.2, 0.25) is 0 Å². The van der Waals surface area contributed by atoms with Gasteiger partial charge < -0.3 is 19.5 Å². The summed E-state index contributed by atoms with van der Waals surface area (Å²) in [6, 6.07) is 7.30. The van der Waals surface area contributed by atoms with Crippen LogP contribution in [0.15, 0.2) is 30.3 Å². The Bertz CT molecular complexity index is 719. The molecule has 0 saturated heterocycles. The van der Waals surface area contributed by atoms with E-state index in [4.69, 9.17) is 14.2 Å². The second kappa shape index (κ2) is 9.52. The van der Waals surface area contributed by atoms with Crippen LogP contribution in [0.5, 0.6) is 5.75 Å². The fourth-order valence-electron chi connectivity index (χ4n) is 2.15. The molecule has 1 aromatic rings. The van der Waals surface area contributed by atoms with E-state index in [-0.39, 0.29) is 0 Å². The van der Waals surface area contributed by atoms with E-state index < -0.39 is 39.4 Å². The molecule has 0 radical (unpaired) electrons. The summed E-state index contributed by atoms with van der Waals surface area (Å²) in [4.78, 5) is 37.5. The highest BCUT2D eigenvalue weighted by atomic mass is 32.2. The van der Waals surface area contributed by atoms with Crippen molar-refractivity contribution in [1.82, 2.24) is 5.32 Å². The zero-order chi connectivity index (χ0) is 22.5. The number of ether oxygens (including phenoxy) is 3. The molecule has 0 aromatic heterocycles. The summed E-state index contributed by atoms with van der Waals surface area (Å²) in [6.07, 6.45) is -0.787. The summed E-state index contributed by atoms with van der Waals surface area (Å²) in [5.41, 5.74) is -1.43. The maximum absolute atomic E-state index is 12.9. The number of benzene rings is 1. The van der Waals surface area contributed by atoms with Gasteiger partial charge in [0.05, 0.1) is 4.75 Å². The molecule has 0 saturated carbocycles. The Morgan fingerprint density at radius 1 is 0.862 bits per heavy atom. The molecule has 0 bridgehead atoms. The molecule has 1 rings (SSSR count). The topological polar surface area (TPSA) is 90.9 Å². The number of rotatable bonds is 5. The lowest BCUT2D eigenvalue weighted by atomic mass is 10.0. The van der Waals surface area contributed by atoms with Crippen LogP contribution in [0.25, 0.3) is 0 Å². The van der Waals surface area contributed by atoms with Crippen molar-refractivity contribution in [1.29, 1.82) is 0 Å². The fourth-order valence-corrected chi connectivity index (χ4v) is 3.14. The maximum Gasteiger partial charge on any atom is 0.408 e. The van der Waals surface area contributed by atoms with E-state index in [0.29, 0.717) is 5.75 Å². The third-order valence-corrected chi connectivity index (χ3v) is 4.30. The predicted molar refractivity (Wildman–Crippen MR) is 113 cm³/mol. The van der Waals surface area contributed by atoms with Crippen LogP contribution in [0.1, 0.15) is 55.4 Å². The van der Waals surface area contributed by atoms with Crippen LogP contribution >= 0.6 is 11.8 Å². The lowest BCUT2D eigenvalue weighted by Gasteiger charge is -2.33. The molecule has 0 aliphatic carbocycles. The van der Waals surface area contributed by atoms with Crippen molar-refractivity contribution in [3.8, 4) is 5.75 Å². The van der Waals surface area contributed by atoms with E-state index in [0.717, 1.165) is 11.8 Å². The van der Waals surface area contributed by atoms with Crippen LogP contribution < -0.4 is 10.1 Å². The van der Waals surface area contributed by atoms with Crippen molar-refractivity contribution >= 4 is 29.1 Å². The minimum atomic E-state index is -1.17. The van der Waals surface area contributed by atoms with Gasteiger partial charge in [0.15, 0.2) is 0 Å². The van der Waals surface area contributed by atoms with Crippen molar-refractivity contribution in [2.75, 3.05) is 0 Å². The number of hydrogen-bond donors (Lipinski definition) is 1. The second-order valence-corrected chi connectivity index (χ2v) is 10.6. The lowest BCUT2D eigenvalue weighted by Crippen LogP contribution is -2.55. The molecular weight excluding hydrogens is 394 g/mol. The molecule has 0 heterocycles. The number of esters is 1. The Kier molecular flexibility index (Phi) is 8.15. The number of alkyl carbamates (subject to hydrolysis) is 1. The van der Waals surface area contributed by atoms with Crippen LogP contribution in [0, 0.1) is 0 Å². The average molecular weight is 426 g/mol. The highest BCUT2D eigenvalue weighted by Gasteiger charge is 2.42. The average Bonchev–Trinajstić information content (AvgIpc) is 2.49. The number of amides is 1. The number of carbonyl (C=O) groups is 3. The molecule has 0 aliphatic heterocycles. The molecule has 0 aliphatic rings. The zero-order valence-corrected chi connectivity index (χ0v) is 19.1. The van der Waals surface area contributed by atoms with Crippen LogP contribution in [0.4, 0.5) is 9.59 Å². The Hall–Kier alpha value is -2.22. The predicted octanol–water partition coefficient (Wildman–Crippen LogP) is 4.93. The fraction of sp³-hybridized carbons (Fsp3) is 0.571. The van der Waals surface area contributed by atoms with E-state index in [1.165, 1.54) is 0 Å². The molecule has 0 spiro atoms. The molecule has 1 aromatic carbocycles. The van der Waals surface area contributed by atoms with Gasteiger partial charge in [-0.3, -0.25) is 0 Å². The number of thioether (sulfide) groups is 1. The first kappa shape index (κ1) is 24.8. The smallest absolute Gasteiger partial charge is 0.408 e.